The van der Waals surface area contributed by atoms with Gasteiger partial charge in [-0.15, -0.1) is 0 Å². The molecule has 4 rings (SSSR count). The number of nitrogens with zero attached hydrogens (tertiary/aromatic N) is 4. The van der Waals surface area contributed by atoms with Gasteiger partial charge in [-0.1, -0.05) is 17.7 Å². The summed E-state index contributed by atoms with van der Waals surface area (Å²) in [4.78, 5) is 6.38. The standard InChI is InChI=1S/C20H22ClN5O/c21-19-2-1-3-20(25-8-10-27-11-9-25)18(19)13-23-17-12-24-26(15-17)14-16-4-6-22-7-5-16/h1-7,12,15,23H,8-11,13-14H2. The molecule has 2 aromatic heterocycles. The van der Waals surface area contributed by atoms with Gasteiger partial charge in [-0.3, -0.25) is 9.67 Å². The van der Waals surface area contributed by atoms with Crippen LogP contribution in [0.5, 0.6) is 0 Å². The molecule has 1 aliphatic heterocycles. The Labute approximate surface area is 163 Å². The highest BCUT2D eigenvalue weighted by atomic mass is 35.5. The maximum atomic E-state index is 6.50. The van der Waals surface area contributed by atoms with E-state index in [2.05, 4.69) is 26.4 Å². The lowest BCUT2D eigenvalue weighted by atomic mass is 10.1. The van der Waals surface area contributed by atoms with Crippen LogP contribution in [0, 0.1) is 0 Å². The van der Waals surface area contributed by atoms with Crippen molar-refractivity contribution in [2.75, 3.05) is 36.5 Å². The third kappa shape index (κ3) is 4.40. The Morgan fingerprint density at radius 2 is 1.93 bits per heavy atom. The predicted octanol–water partition coefficient (Wildman–Crippen LogP) is 3.43. The number of pyridine rings is 1. The molecule has 1 N–H and O–H groups in total. The molecule has 0 unspecified atom stereocenters. The predicted molar refractivity (Wildman–Crippen MR) is 107 cm³/mol. The van der Waals surface area contributed by atoms with E-state index in [0.29, 0.717) is 6.54 Å². The fraction of sp³-hybridized carbons (Fsp3) is 0.300. The van der Waals surface area contributed by atoms with E-state index >= 15 is 0 Å². The SMILES string of the molecule is Clc1cccc(N2CCOCC2)c1CNc1cnn(Cc2ccncc2)c1. The van der Waals surface area contributed by atoms with E-state index < -0.39 is 0 Å². The van der Waals surface area contributed by atoms with Gasteiger partial charge in [-0.05, 0) is 29.8 Å². The van der Waals surface area contributed by atoms with Crippen LogP contribution in [0.4, 0.5) is 11.4 Å². The first-order valence-electron chi connectivity index (χ1n) is 9.05. The summed E-state index contributed by atoms with van der Waals surface area (Å²) < 4.78 is 7.38. The molecule has 0 spiro atoms. The number of benzene rings is 1. The average molecular weight is 384 g/mol. The molecule has 1 fully saturated rings. The van der Waals surface area contributed by atoms with Crippen molar-refractivity contribution in [3.05, 3.63) is 71.3 Å². The summed E-state index contributed by atoms with van der Waals surface area (Å²) in [6.07, 6.45) is 7.43. The van der Waals surface area contributed by atoms with Gasteiger partial charge in [0.2, 0.25) is 0 Å². The molecular weight excluding hydrogens is 362 g/mol. The van der Waals surface area contributed by atoms with Gasteiger partial charge in [-0.2, -0.15) is 5.10 Å². The first-order chi connectivity index (χ1) is 13.3. The minimum absolute atomic E-state index is 0.646. The van der Waals surface area contributed by atoms with Crippen LogP contribution in [0.1, 0.15) is 11.1 Å². The molecule has 3 heterocycles. The Bertz CT molecular complexity index is 877. The first kappa shape index (κ1) is 17.8. The second-order valence-electron chi connectivity index (χ2n) is 6.47. The molecule has 1 aliphatic rings. The van der Waals surface area contributed by atoms with Crippen molar-refractivity contribution in [2.45, 2.75) is 13.1 Å². The van der Waals surface area contributed by atoms with Crippen LogP contribution in [-0.2, 0) is 17.8 Å². The molecule has 0 saturated carbocycles. The zero-order valence-electron chi connectivity index (χ0n) is 15.0. The number of halogens is 1. The smallest absolute Gasteiger partial charge is 0.0729 e. The van der Waals surface area contributed by atoms with Crippen molar-refractivity contribution in [2.24, 2.45) is 0 Å². The van der Waals surface area contributed by atoms with Gasteiger partial charge in [0.25, 0.3) is 0 Å². The molecular formula is C20H22ClN5O. The Morgan fingerprint density at radius 1 is 1.11 bits per heavy atom. The molecule has 1 saturated heterocycles. The van der Waals surface area contributed by atoms with E-state index in [0.717, 1.165) is 49.1 Å². The molecule has 3 aromatic rings. The maximum Gasteiger partial charge on any atom is 0.0729 e. The minimum Gasteiger partial charge on any atom is -0.378 e. The number of ether oxygens (including phenoxy) is 1. The lowest BCUT2D eigenvalue weighted by Crippen LogP contribution is -2.37. The minimum atomic E-state index is 0.646. The summed E-state index contributed by atoms with van der Waals surface area (Å²) in [5.74, 6) is 0. The molecule has 7 heteroatoms. The molecule has 0 bridgehead atoms. The third-order valence-corrected chi connectivity index (χ3v) is 5.00. The second kappa shape index (κ2) is 8.41. The Morgan fingerprint density at radius 3 is 2.74 bits per heavy atom. The van der Waals surface area contributed by atoms with Crippen LogP contribution in [-0.4, -0.2) is 41.1 Å². The summed E-state index contributed by atoms with van der Waals surface area (Å²) >= 11 is 6.50. The van der Waals surface area contributed by atoms with Crippen LogP contribution in [0.25, 0.3) is 0 Å². The molecule has 6 nitrogen and oxygen atoms in total. The molecule has 0 atom stereocenters. The van der Waals surface area contributed by atoms with Crippen LogP contribution in [0.15, 0.2) is 55.1 Å². The van der Waals surface area contributed by atoms with Crippen LogP contribution in [0.3, 0.4) is 0 Å². The monoisotopic (exact) mass is 383 g/mol. The first-order valence-corrected chi connectivity index (χ1v) is 9.43. The topological polar surface area (TPSA) is 55.2 Å². The maximum absolute atomic E-state index is 6.50. The normalized spacial score (nSPS) is 14.3. The van der Waals surface area contributed by atoms with E-state index in [1.807, 2.05) is 41.3 Å². The fourth-order valence-electron chi connectivity index (χ4n) is 3.23. The zero-order chi connectivity index (χ0) is 18.5. The van der Waals surface area contributed by atoms with Crippen molar-refractivity contribution in [3.63, 3.8) is 0 Å². The van der Waals surface area contributed by atoms with Gasteiger partial charge in [-0.25, -0.2) is 0 Å². The fourth-order valence-corrected chi connectivity index (χ4v) is 3.47. The molecule has 27 heavy (non-hydrogen) atoms. The summed E-state index contributed by atoms with van der Waals surface area (Å²) in [6.45, 7) is 4.64. The van der Waals surface area contributed by atoms with Gasteiger partial charge >= 0.3 is 0 Å². The van der Waals surface area contributed by atoms with E-state index in [-0.39, 0.29) is 0 Å². The van der Waals surface area contributed by atoms with Gasteiger partial charge in [0.15, 0.2) is 0 Å². The number of hydrogen-bond donors (Lipinski definition) is 1. The molecule has 0 aliphatic carbocycles. The summed E-state index contributed by atoms with van der Waals surface area (Å²) in [6, 6.07) is 10.1. The van der Waals surface area contributed by atoms with Crippen molar-refractivity contribution >= 4 is 23.0 Å². The molecule has 1 aromatic carbocycles. The Kier molecular flexibility index (Phi) is 5.55. The third-order valence-electron chi connectivity index (χ3n) is 4.64. The van der Waals surface area contributed by atoms with E-state index in [4.69, 9.17) is 16.3 Å². The van der Waals surface area contributed by atoms with Crippen molar-refractivity contribution in [3.8, 4) is 0 Å². The Hall–Kier alpha value is -2.57. The quantitative estimate of drug-likeness (QED) is 0.706. The summed E-state index contributed by atoms with van der Waals surface area (Å²) in [7, 11) is 0. The highest BCUT2D eigenvalue weighted by Crippen LogP contribution is 2.29. The lowest BCUT2D eigenvalue weighted by molar-refractivity contribution is 0.122. The van der Waals surface area contributed by atoms with Crippen LogP contribution in [0.2, 0.25) is 5.02 Å². The lowest BCUT2D eigenvalue weighted by Gasteiger charge is -2.31. The van der Waals surface area contributed by atoms with Crippen LogP contribution >= 0.6 is 11.6 Å². The van der Waals surface area contributed by atoms with Gasteiger partial charge in [0, 0.05) is 54.5 Å². The van der Waals surface area contributed by atoms with Crippen molar-refractivity contribution in [1.29, 1.82) is 0 Å². The molecule has 140 valence electrons. The van der Waals surface area contributed by atoms with E-state index in [1.165, 1.54) is 11.3 Å². The van der Waals surface area contributed by atoms with E-state index in [9.17, 15) is 0 Å². The largest absolute Gasteiger partial charge is 0.378 e. The number of anilines is 2. The van der Waals surface area contributed by atoms with Gasteiger partial charge < -0.3 is 15.0 Å². The van der Waals surface area contributed by atoms with E-state index in [1.54, 1.807) is 12.4 Å². The summed E-state index contributed by atoms with van der Waals surface area (Å²) in [5, 5.41) is 8.66. The average Bonchev–Trinajstić information content (AvgIpc) is 3.15. The van der Waals surface area contributed by atoms with Crippen molar-refractivity contribution < 1.29 is 4.74 Å². The van der Waals surface area contributed by atoms with Crippen molar-refractivity contribution in [1.82, 2.24) is 14.8 Å². The Balaban J connectivity index is 1.44. The van der Waals surface area contributed by atoms with Gasteiger partial charge in [0.1, 0.15) is 0 Å². The number of nitrogens with one attached hydrogen (secondary N) is 1. The number of rotatable bonds is 6. The number of aromatic nitrogens is 3. The molecule has 0 amide bonds. The highest BCUT2D eigenvalue weighted by Gasteiger charge is 2.16. The number of morpholine rings is 1. The van der Waals surface area contributed by atoms with Crippen LogP contribution < -0.4 is 10.2 Å². The number of hydrogen-bond acceptors (Lipinski definition) is 5. The highest BCUT2D eigenvalue weighted by molar-refractivity contribution is 6.31. The second-order valence-corrected chi connectivity index (χ2v) is 6.88. The van der Waals surface area contributed by atoms with Gasteiger partial charge in [0.05, 0.1) is 31.6 Å². The molecule has 0 radical (unpaired) electrons. The summed E-state index contributed by atoms with van der Waals surface area (Å²) in [5.41, 5.74) is 4.41. The zero-order valence-corrected chi connectivity index (χ0v) is 15.8.